The van der Waals surface area contributed by atoms with Crippen LogP contribution < -0.4 is 10.9 Å². The van der Waals surface area contributed by atoms with Crippen molar-refractivity contribution in [3.8, 4) is 5.69 Å². The van der Waals surface area contributed by atoms with Gasteiger partial charge < -0.3 is 15.0 Å². The molecule has 4 rings (SSSR count). The van der Waals surface area contributed by atoms with Gasteiger partial charge in [0, 0.05) is 31.2 Å². The van der Waals surface area contributed by atoms with Crippen LogP contribution in [0.1, 0.15) is 52.8 Å². The van der Waals surface area contributed by atoms with Crippen molar-refractivity contribution in [3.63, 3.8) is 0 Å². The Kier molecular flexibility index (Phi) is 6.91. The van der Waals surface area contributed by atoms with Crippen LogP contribution in [0.4, 0.5) is 10.5 Å². The quantitative estimate of drug-likeness (QED) is 0.548. The van der Waals surface area contributed by atoms with Crippen LogP contribution >= 0.6 is 0 Å². The van der Waals surface area contributed by atoms with Crippen molar-refractivity contribution in [1.82, 2.24) is 14.5 Å². The highest BCUT2D eigenvalue weighted by Gasteiger charge is 2.29. The Labute approximate surface area is 200 Å². The molecule has 1 aliphatic rings. The van der Waals surface area contributed by atoms with Gasteiger partial charge in [-0.3, -0.25) is 9.36 Å². The summed E-state index contributed by atoms with van der Waals surface area (Å²) < 4.78 is 7.22. The van der Waals surface area contributed by atoms with Crippen molar-refractivity contribution in [2.45, 2.75) is 65.0 Å². The van der Waals surface area contributed by atoms with Crippen LogP contribution in [0.3, 0.4) is 0 Å². The number of hydrogen-bond donors (Lipinski definition) is 1. The largest absolute Gasteiger partial charge is 0.444 e. The first-order valence-corrected chi connectivity index (χ1v) is 12.1. The van der Waals surface area contributed by atoms with Gasteiger partial charge >= 0.3 is 6.09 Å². The van der Waals surface area contributed by atoms with Crippen LogP contribution in [0, 0.1) is 0 Å². The van der Waals surface area contributed by atoms with Gasteiger partial charge in [0.05, 0.1) is 16.6 Å². The second-order valence-electron chi connectivity index (χ2n) is 9.89. The zero-order valence-corrected chi connectivity index (χ0v) is 20.5. The lowest BCUT2D eigenvalue weighted by atomic mass is 10.2. The fourth-order valence-corrected chi connectivity index (χ4v) is 4.26. The standard InChI is InChI=1S/C27H34N4O3/c1-5-6-11-24-29-23-10-8-7-9-22(23)25(32)31(24)21-14-12-19(13-15-21)28-20-16-17-30(18-20)26(33)34-27(2,3)4/h7-10,12-15,20,28H,5-6,11,16-18H2,1-4H3/t20-/m1/s1. The molecule has 2 aromatic carbocycles. The molecule has 1 saturated heterocycles. The molecule has 1 amide bonds. The summed E-state index contributed by atoms with van der Waals surface area (Å²) in [6.07, 6.45) is 3.35. The van der Waals surface area contributed by atoms with E-state index in [4.69, 9.17) is 9.72 Å². The van der Waals surface area contributed by atoms with Crippen molar-refractivity contribution >= 4 is 22.7 Å². The van der Waals surface area contributed by atoms with Gasteiger partial charge in [0.25, 0.3) is 5.56 Å². The molecule has 0 radical (unpaired) electrons. The molecule has 0 spiro atoms. The van der Waals surface area contributed by atoms with Crippen LogP contribution in [0.5, 0.6) is 0 Å². The molecule has 1 atom stereocenters. The van der Waals surface area contributed by atoms with E-state index in [-0.39, 0.29) is 17.7 Å². The third kappa shape index (κ3) is 5.41. The Bertz CT molecular complexity index is 1210. The van der Waals surface area contributed by atoms with E-state index in [1.165, 1.54) is 0 Å². The molecule has 0 bridgehead atoms. The normalized spacial score (nSPS) is 16.1. The first kappa shape index (κ1) is 23.8. The fraction of sp³-hybridized carbons (Fsp3) is 0.444. The number of likely N-dealkylation sites (tertiary alicyclic amines) is 1. The van der Waals surface area contributed by atoms with Gasteiger partial charge in [0.2, 0.25) is 0 Å². The predicted molar refractivity (Wildman–Crippen MR) is 136 cm³/mol. The Balaban J connectivity index is 1.51. The molecule has 180 valence electrons. The molecule has 1 aromatic heterocycles. The third-order valence-electron chi connectivity index (χ3n) is 5.94. The third-order valence-corrected chi connectivity index (χ3v) is 5.94. The monoisotopic (exact) mass is 462 g/mol. The topological polar surface area (TPSA) is 76.5 Å². The number of para-hydroxylation sites is 1. The van der Waals surface area contributed by atoms with Gasteiger partial charge in [-0.1, -0.05) is 25.5 Å². The van der Waals surface area contributed by atoms with E-state index in [1.807, 2.05) is 69.3 Å². The van der Waals surface area contributed by atoms with Crippen molar-refractivity contribution in [3.05, 3.63) is 64.7 Å². The average molecular weight is 463 g/mol. The smallest absolute Gasteiger partial charge is 0.410 e. The number of unbranched alkanes of at least 4 members (excludes halogenated alkanes) is 1. The second-order valence-corrected chi connectivity index (χ2v) is 9.89. The molecule has 34 heavy (non-hydrogen) atoms. The molecular weight excluding hydrogens is 428 g/mol. The van der Waals surface area contributed by atoms with Crippen LogP contribution in [0.15, 0.2) is 53.3 Å². The molecule has 2 heterocycles. The Morgan fingerprint density at radius 1 is 1.15 bits per heavy atom. The van der Waals surface area contributed by atoms with Gasteiger partial charge in [0.15, 0.2) is 0 Å². The summed E-state index contributed by atoms with van der Waals surface area (Å²) in [5.74, 6) is 0.787. The number of amides is 1. The summed E-state index contributed by atoms with van der Waals surface area (Å²) in [6, 6.07) is 15.5. The van der Waals surface area contributed by atoms with Crippen molar-refractivity contribution in [2.24, 2.45) is 0 Å². The lowest BCUT2D eigenvalue weighted by Crippen LogP contribution is -2.36. The van der Waals surface area contributed by atoms with Gasteiger partial charge in [-0.2, -0.15) is 0 Å². The summed E-state index contributed by atoms with van der Waals surface area (Å²) in [4.78, 5) is 32.2. The van der Waals surface area contributed by atoms with Crippen LogP contribution in [0.25, 0.3) is 16.6 Å². The minimum atomic E-state index is -0.496. The van der Waals surface area contributed by atoms with Crippen molar-refractivity contribution < 1.29 is 9.53 Å². The maximum Gasteiger partial charge on any atom is 0.410 e. The number of rotatable bonds is 6. The van der Waals surface area contributed by atoms with Crippen molar-refractivity contribution in [2.75, 3.05) is 18.4 Å². The summed E-state index contributed by atoms with van der Waals surface area (Å²) in [7, 11) is 0. The van der Waals surface area contributed by atoms with E-state index in [1.54, 1.807) is 9.47 Å². The molecule has 1 aliphatic heterocycles. The second kappa shape index (κ2) is 9.87. The van der Waals surface area contributed by atoms with Crippen LogP contribution in [-0.4, -0.2) is 45.3 Å². The minimum Gasteiger partial charge on any atom is -0.444 e. The Morgan fingerprint density at radius 3 is 2.59 bits per heavy atom. The molecule has 0 aliphatic carbocycles. The lowest BCUT2D eigenvalue weighted by molar-refractivity contribution is 0.0293. The number of benzene rings is 2. The molecular formula is C27H34N4O3. The molecule has 3 aromatic rings. The maximum atomic E-state index is 13.3. The molecule has 7 nitrogen and oxygen atoms in total. The van der Waals surface area contributed by atoms with Gasteiger partial charge in [-0.05, 0) is 70.0 Å². The number of carbonyl (C=O) groups excluding carboxylic acids is 1. The van der Waals surface area contributed by atoms with Gasteiger partial charge in [0.1, 0.15) is 11.4 Å². The van der Waals surface area contributed by atoms with Gasteiger partial charge in [-0.15, -0.1) is 0 Å². The molecule has 0 saturated carbocycles. The minimum absolute atomic E-state index is 0.0405. The molecule has 1 fully saturated rings. The first-order chi connectivity index (χ1) is 16.2. The Hall–Kier alpha value is -3.35. The number of fused-ring (bicyclic) bond motifs is 1. The number of anilines is 1. The number of nitrogens with one attached hydrogen (secondary N) is 1. The number of aromatic nitrogens is 2. The van der Waals surface area contributed by atoms with Crippen molar-refractivity contribution in [1.29, 1.82) is 0 Å². The lowest BCUT2D eigenvalue weighted by Gasteiger charge is -2.24. The summed E-state index contributed by atoms with van der Waals surface area (Å²) in [5.41, 5.74) is 1.97. The van der Waals surface area contributed by atoms with Gasteiger partial charge in [-0.25, -0.2) is 9.78 Å². The van der Waals surface area contributed by atoms with E-state index in [9.17, 15) is 9.59 Å². The van der Waals surface area contributed by atoms with E-state index in [0.717, 1.165) is 48.4 Å². The maximum absolute atomic E-state index is 13.3. The predicted octanol–water partition coefficient (Wildman–Crippen LogP) is 5.15. The highest BCUT2D eigenvalue weighted by molar-refractivity contribution is 5.77. The SMILES string of the molecule is CCCCc1nc2ccccc2c(=O)n1-c1ccc(N[C@@H]2CCN(C(=O)OC(C)(C)C)C2)cc1. The van der Waals surface area contributed by atoms with Crippen LogP contribution in [0.2, 0.25) is 0 Å². The molecule has 0 unspecified atom stereocenters. The summed E-state index contributed by atoms with van der Waals surface area (Å²) in [5, 5.41) is 4.13. The zero-order valence-electron chi connectivity index (χ0n) is 20.5. The van der Waals surface area contributed by atoms with Crippen LogP contribution in [-0.2, 0) is 11.2 Å². The number of carbonyl (C=O) groups is 1. The molecule has 1 N–H and O–H groups in total. The van der Waals surface area contributed by atoms with E-state index >= 15 is 0 Å². The summed E-state index contributed by atoms with van der Waals surface area (Å²) in [6.45, 7) is 9.04. The number of nitrogens with zero attached hydrogens (tertiary/aromatic N) is 3. The highest BCUT2D eigenvalue weighted by Crippen LogP contribution is 2.21. The number of ether oxygens (including phenoxy) is 1. The number of aryl methyl sites for hydroxylation is 1. The summed E-state index contributed by atoms with van der Waals surface area (Å²) >= 11 is 0. The molecule has 7 heteroatoms. The van der Waals surface area contributed by atoms with E-state index < -0.39 is 5.60 Å². The van der Waals surface area contributed by atoms with E-state index in [2.05, 4.69) is 12.2 Å². The number of hydrogen-bond acceptors (Lipinski definition) is 5. The average Bonchev–Trinajstić information content (AvgIpc) is 3.26. The highest BCUT2D eigenvalue weighted by atomic mass is 16.6. The first-order valence-electron chi connectivity index (χ1n) is 12.1. The fourth-order valence-electron chi connectivity index (χ4n) is 4.26. The zero-order chi connectivity index (χ0) is 24.3. The van der Waals surface area contributed by atoms with E-state index in [0.29, 0.717) is 18.5 Å². The Morgan fingerprint density at radius 2 is 1.88 bits per heavy atom.